The summed E-state index contributed by atoms with van der Waals surface area (Å²) >= 11 is 0. The molecular weight excluding hydrogens is 280 g/mol. The maximum Gasteiger partial charge on any atom is 0.0701 e. The molecular formula is C18H38O4. The summed E-state index contributed by atoms with van der Waals surface area (Å²) in [7, 11) is 0. The van der Waals surface area contributed by atoms with Crippen molar-refractivity contribution in [2.24, 2.45) is 5.92 Å². The third-order valence-electron chi connectivity index (χ3n) is 3.77. The molecule has 0 bridgehead atoms. The zero-order valence-corrected chi connectivity index (χ0v) is 14.9. The van der Waals surface area contributed by atoms with Gasteiger partial charge in [0.2, 0.25) is 0 Å². The number of aliphatic hydroxyl groups is 1. The van der Waals surface area contributed by atoms with Gasteiger partial charge in [-0.05, 0) is 18.8 Å². The number of hydrogen-bond donors (Lipinski definition) is 1. The molecule has 0 aliphatic rings. The second-order valence-electron chi connectivity index (χ2n) is 6.01. The van der Waals surface area contributed by atoms with E-state index >= 15 is 0 Å². The van der Waals surface area contributed by atoms with Gasteiger partial charge < -0.3 is 19.3 Å². The lowest BCUT2D eigenvalue weighted by atomic mass is 9.98. The SMILES string of the molecule is CCCCCCCC(C)CCCOCCOCCOCCO. The highest BCUT2D eigenvalue weighted by Crippen LogP contribution is 2.15. The molecule has 0 heterocycles. The second-order valence-corrected chi connectivity index (χ2v) is 6.01. The maximum atomic E-state index is 8.52. The highest BCUT2D eigenvalue weighted by molar-refractivity contribution is 4.54. The van der Waals surface area contributed by atoms with Gasteiger partial charge in [0.15, 0.2) is 0 Å². The molecule has 0 aromatic rings. The van der Waals surface area contributed by atoms with E-state index in [0.29, 0.717) is 33.0 Å². The molecule has 0 aromatic heterocycles. The molecule has 0 saturated carbocycles. The Morgan fingerprint density at radius 3 is 1.86 bits per heavy atom. The van der Waals surface area contributed by atoms with Crippen LogP contribution in [0.4, 0.5) is 0 Å². The Kier molecular flexibility index (Phi) is 18.8. The van der Waals surface area contributed by atoms with Crippen molar-refractivity contribution in [3.05, 3.63) is 0 Å². The van der Waals surface area contributed by atoms with Crippen LogP contribution in [-0.2, 0) is 14.2 Å². The van der Waals surface area contributed by atoms with E-state index < -0.39 is 0 Å². The molecule has 1 unspecified atom stereocenters. The molecule has 4 heteroatoms. The van der Waals surface area contributed by atoms with Gasteiger partial charge in [-0.15, -0.1) is 0 Å². The summed E-state index contributed by atoms with van der Waals surface area (Å²) in [6.45, 7) is 8.30. The predicted octanol–water partition coefficient (Wildman–Crippen LogP) is 3.81. The molecule has 0 rings (SSSR count). The van der Waals surface area contributed by atoms with E-state index in [1.54, 1.807) is 0 Å². The monoisotopic (exact) mass is 318 g/mol. The summed E-state index contributed by atoms with van der Waals surface area (Å²) in [6.07, 6.45) is 10.7. The van der Waals surface area contributed by atoms with Gasteiger partial charge in [-0.25, -0.2) is 0 Å². The smallest absolute Gasteiger partial charge is 0.0701 e. The molecule has 1 N–H and O–H groups in total. The van der Waals surface area contributed by atoms with Crippen LogP contribution in [0.25, 0.3) is 0 Å². The highest BCUT2D eigenvalue weighted by atomic mass is 16.5. The highest BCUT2D eigenvalue weighted by Gasteiger charge is 2.02. The van der Waals surface area contributed by atoms with Crippen molar-refractivity contribution < 1.29 is 19.3 Å². The van der Waals surface area contributed by atoms with Crippen LogP contribution in [0.3, 0.4) is 0 Å². The molecule has 0 aliphatic heterocycles. The minimum atomic E-state index is 0.0697. The van der Waals surface area contributed by atoms with E-state index in [9.17, 15) is 0 Å². The lowest BCUT2D eigenvalue weighted by Gasteiger charge is -2.11. The Morgan fingerprint density at radius 2 is 1.23 bits per heavy atom. The van der Waals surface area contributed by atoms with Crippen LogP contribution in [0.1, 0.15) is 65.2 Å². The zero-order valence-electron chi connectivity index (χ0n) is 14.9. The normalized spacial score (nSPS) is 12.7. The minimum absolute atomic E-state index is 0.0697. The van der Waals surface area contributed by atoms with Gasteiger partial charge in [0.05, 0.1) is 39.6 Å². The molecule has 0 aromatic carbocycles. The molecule has 0 radical (unpaired) electrons. The van der Waals surface area contributed by atoms with Crippen LogP contribution >= 0.6 is 0 Å². The van der Waals surface area contributed by atoms with Gasteiger partial charge in [0, 0.05) is 6.61 Å². The average Bonchev–Trinajstić information content (AvgIpc) is 2.52. The molecule has 0 spiro atoms. The Bertz CT molecular complexity index is 200. The van der Waals surface area contributed by atoms with E-state index in [0.717, 1.165) is 18.9 Å². The van der Waals surface area contributed by atoms with Crippen molar-refractivity contribution in [2.45, 2.75) is 65.2 Å². The van der Waals surface area contributed by atoms with Crippen LogP contribution in [-0.4, -0.2) is 51.4 Å². The summed E-state index contributed by atoms with van der Waals surface area (Å²) in [4.78, 5) is 0. The van der Waals surface area contributed by atoms with E-state index in [1.807, 2.05) is 0 Å². The molecule has 0 amide bonds. The fourth-order valence-corrected chi connectivity index (χ4v) is 2.38. The van der Waals surface area contributed by atoms with Crippen molar-refractivity contribution in [3.8, 4) is 0 Å². The lowest BCUT2D eigenvalue weighted by Crippen LogP contribution is -2.11. The number of ether oxygens (including phenoxy) is 3. The van der Waals surface area contributed by atoms with Crippen LogP contribution in [0, 0.1) is 5.92 Å². The fourth-order valence-electron chi connectivity index (χ4n) is 2.38. The van der Waals surface area contributed by atoms with Crippen molar-refractivity contribution in [2.75, 3.05) is 46.2 Å². The number of unbranched alkanes of at least 4 members (excludes halogenated alkanes) is 4. The van der Waals surface area contributed by atoms with E-state index in [4.69, 9.17) is 19.3 Å². The second kappa shape index (κ2) is 18.9. The molecule has 134 valence electrons. The molecule has 0 saturated heterocycles. The molecule has 0 aliphatic carbocycles. The summed E-state index contributed by atoms with van der Waals surface area (Å²) in [6, 6.07) is 0. The quantitative estimate of drug-likeness (QED) is 0.390. The van der Waals surface area contributed by atoms with Crippen molar-refractivity contribution >= 4 is 0 Å². The number of aliphatic hydroxyl groups excluding tert-OH is 1. The predicted molar refractivity (Wildman–Crippen MR) is 91.3 cm³/mol. The molecule has 4 nitrogen and oxygen atoms in total. The first kappa shape index (κ1) is 21.8. The zero-order chi connectivity index (χ0) is 16.3. The summed E-state index contributed by atoms with van der Waals surface area (Å²) in [5, 5.41) is 8.52. The standard InChI is InChI=1S/C18H38O4/c1-3-4-5-6-7-9-18(2)10-8-12-20-14-16-22-17-15-21-13-11-19/h18-19H,3-17H2,1-2H3. The average molecular weight is 318 g/mol. The van der Waals surface area contributed by atoms with Crippen LogP contribution in [0.2, 0.25) is 0 Å². The Hall–Kier alpha value is -0.160. The summed E-state index contributed by atoms with van der Waals surface area (Å²) in [5.41, 5.74) is 0. The molecule has 0 fully saturated rings. The largest absolute Gasteiger partial charge is 0.394 e. The Labute approximate surface area is 137 Å². The Balaban J connectivity index is 3.09. The molecule has 1 atom stereocenters. The number of rotatable bonds is 18. The van der Waals surface area contributed by atoms with E-state index in [1.165, 1.54) is 44.9 Å². The molecule has 22 heavy (non-hydrogen) atoms. The maximum absolute atomic E-state index is 8.52. The Morgan fingerprint density at radius 1 is 0.682 bits per heavy atom. The van der Waals surface area contributed by atoms with E-state index in [2.05, 4.69) is 13.8 Å². The van der Waals surface area contributed by atoms with Crippen LogP contribution < -0.4 is 0 Å². The fraction of sp³-hybridized carbons (Fsp3) is 1.00. The van der Waals surface area contributed by atoms with Gasteiger partial charge in [-0.2, -0.15) is 0 Å². The van der Waals surface area contributed by atoms with Gasteiger partial charge in [0.25, 0.3) is 0 Å². The summed E-state index contributed by atoms with van der Waals surface area (Å²) in [5.74, 6) is 0.824. The van der Waals surface area contributed by atoms with Gasteiger partial charge in [0.1, 0.15) is 0 Å². The third-order valence-corrected chi connectivity index (χ3v) is 3.77. The first-order chi connectivity index (χ1) is 10.8. The van der Waals surface area contributed by atoms with Crippen LogP contribution in [0.5, 0.6) is 0 Å². The van der Waals surface area contributed by atoms with Crippen LogP contribution in [0.15, 0.2) is 0 Å². The van der Waals surface area contributed by atoms with E-state index in [-0.39, 0.29) is 6.61 Å². The first-order valence-corrected chi connectivity index (χ1v) is 9.15. The topological polar surface area (TPSA) is 47.9 Å². The van der Waals surface area contributed by atoms with Gasteiger partial charge >= 0.3 is 0 Å². The third kappa shape index (κ3) is 17.9. The van der Waals surface area contributed by atoms with Crippen molar-refractivity contribution in [1.29, 1.82) is 0 Å². The van der Waals surface area contributed by atoms with Crippen molar-refractivity contribution in [1.82, 2.24) is 0 Å². The minimum Gasteiger partial charge on any atom is -0.394 e. The number of hydrogen-bond acceptors (Lipinski definition) is 4. The van der Waals surface area contributed by atoms with Crippen molar-refractivity contribution in [3.63, 3.8) is 0 Å². The lowest BCUT2D eigenvalue weighted by molar-refractivity contribution is 0.00690. The summed E-state index contributed by atoms with van der Waals surface area (Å²) < 4.78 is 16.0. The van der Waals surface area contributed by atoms with Gasteiger partial charge in [-0.1, -0.05) is 52.4 Å². The van der Waals surface area contributed by atoms with Gasteiger partial charge in [-0.3, -0.25) is 0 Å². The first-order valence-electron chi connectivity index (χ1n) is 9.15.